The summed E-state index contributed by atoms with van der Waals surface area (Å²) in [5.74, 6) is 0.893. The van der Waals surface area contributed by atoms with Crippen LogP contribution in [-0.4, -0.2) is 16.6 Å². The normalized spacial score (nSPS) is 10.5. The lowest BCUT2D eigenvalue weighted by Gasteiger charge is -2.05. The molecule has 1 N–H and O–H groups in total. The lowest BCUT2D eigenvalue weighted by atomic mass is 10.2. The molecule has 24 heavy (non-hydrogen) atoms. The Morgan fingerprint density at radius 1 is 1.33 bits per heavy atom. The molecule has 0 bridgehead atoms. The average molecular weight is 374 g/mol. The minimum absolute atomic E-state index is 0.118. The minimum atomic E-state index is -0.118. The third-order valence-corrected chi connectivity index (χ3v) is 5.66. The van der Waals surface area contributed by atoms with Gasteiger partial charge in [0.25, 0.3) is 0 Å². The summed E-state index contributed by atoms with van der Waals surface area (Å²) in [5.41, 5.74) is 1.91. The van der Waals surface area contributed by atoms with E-state index >= 15 is 0 Å². The number of nitriles is 1. The third-order valence-electron chi connectivity index (χ3n) is 3.17. The number of carbonyl (C=O) groups is 1. The maximum absolute atomic E-state index is 12.0. The van der Waals surface area contributed by atoms with E-state index in [1.807, 2.05) is 30.3 Å². The number of thiazole rings is 1. The highest BCUT2D eigenvalue weighted by Gasteiger charge is 2.08. The first kappa shape index (κ1) is 16.8. The van der Waals surface area contributed by atoms with Gasteiger partial charge in [-0.2, -0.15) is 5.26 Å². The van der Waals surface area contributed by atoms with E-state index in [1.165, 1.54) is 11.8 Å². The number of fused-ring (bicyclic) bond motifs is 1. The van der Waals surface area contributed by atoms with Crippen LogP contribution >= 0.6 is 34.7 Å². The Morgan fingerprint density at radius 3 is 2.96 bits per heavy atom. The lowest BCUT2D eigenvalue weighted by molar-refractivity contribution is -0.113. The van der Waals surface area contributed by atoms with Crippen molar-refractivity contribution in [2.24, 2.45) is 0 Å². The second-order valence-electron chi connectivity index (χ2n) is 4.92. The summed E-state index contributed by atoms with van der Waals surface area (Å²) in [6.45, 7) is 0. The molecule has 1 amide bonds. The minimum Gasteiger partial charge on any atom is -0.325 e. The zero-order valence-electron chi connectivity index (χ0n) is 12.5. The van der Waals surface area contributed by atoms with E-state index in [0.29, 0.717) is 27.8 Å². The Balaban J connectivity index is 1.53. The van der Waals surface area contributed by atoms with Gasteiger partial charge >= 0.3 is 0 Å². The van der Waals surface area contributed by atoms with Gasteiger partial charge in [-0.25, -0.2) is 4.98 Å². The van der Waals surface area contributed by atoms with Gasteiger partial charge in [0.15, 0.2) is 0 Å². The molecule has 2 aromatic carbocycles. The van der Waals surface area contributed by atoms with Crippen LogP contribution in [-0.2, 0) is 10.5 Å². The molecule has 0 atom stereocenters. The van der Waals surface area contributed by atoms with Crippen LogP contribution < -0.4 is 5.32 Å². The Morgan fingerprint density at radius 2 is 2.17 bits per heavy atom. The van der Waals surface area contributed by atoms with E-state index in [0.717, 1.165) is 15.2 Å². The molecule has 7 heteroatoms. The Bertz CT molecular complexity index is 900. The van der Waals surface area contributed by atoms with Crippen LogP contribution in [0.15, 0.2) is 42.5 Å². The Hall–Kier alpha value is -2.07. The van der Waals surface area contributed by atoms with E-state index in [2.05, 4.69) is 10.3 Å². The summed E-state index contributed by atoms with van der Waals surface area (Å²) in [6, 6.07) is 14.8. The summed E-state index contributed by atoms with van der Waals surface area (Å²) < 4.78 is 1.16. The van der Waals surface area contributed by atoms with E-state index in [4.69, 9.17) is 16.9 Å². The molecule has 0 aliphatic carbocycles. The van der Waals surface area contributed by atoms with E-state index < -0.39 is 0 Å². The fourth-order valence-corrected chi connectivity index (χ4v) is 4.11. The summed E-state index contributed by atoms with van der Waals surface area (Å²) in [5, 5.41) is 13.1. The molecule has 4 nitrogen and oxygen atoms in total. The van der Waals surface area contributed by atoms with Crippen LogP contribution in [0.1, 0.15) is 10.6 Å². The molecule has 0 saturated heterocycles. The fourth-order valence-electron chi connectivity index (χ4n) is 2.10. The molecule has 0 unspecified atom stereocenters. The monoisotopic (exact) mass is 373 g/mol. The molecule has 120 valence electrons. The van der Waals surface area contributed by atoms with E-state index in [-0.39, 0.29) is 5.91 Å². The second kappa shape index (κ2) is 7.67. The Labute approximate surface area is 152 Å². The third kappa shape index (κ3) is 4.06. The van der Waals surface area contributed by atoms with Crippen molar-refractivity contribution in [3.05, 3.63) is 58.1 Å². The van der Waals surface area contributed by atoms with Gasteiger partial charge in [0, 0.05) is 11.4 Å². The van der Waals surface area contributed by atoms with Crippen LogP contribution in [0.5, 0.6) is 0 Å². The first-order valence-electron chi connectivity index (χ1n) is 7.07. The molecule has 0 spiro atoms. The number of thioether (sulfide) groups is 1. The van der Waals surface area contributed by atoms with Gasteiger partial charge in [-0.1, -0.05) is 23.7 Å². The van der Waals surface area contributed by atoms with Gasteiger partial charge in [-0.05, 0) is 30.3 Å². The number of hydrogen-bond donors (Lipinski definition) is 1. The quantitative estimate of drug-likeness (QED) is 0.704. The maximum Gasteiger partial charge on any atom is 0.234 e. The highest BCUT2D eigenvalue weighted by molar-refractivity contribution is 7.99. The zero-order chi connectivity index (χ0) is 16.9. The van der Waals surface area contributed by atoms with Crippen molar-refractivity contribution >= 4 is 56.5 Å². The largest absolute Gasteiger partial charge is 0.325 e. The topological polar surface area (TPSA) is 65.8 Å². The SMILES string of the molecule is N#Cc1cc(NC(=O)CSCc2nc3ccccc3s2)ccc1Cl. The van der Waals surface area contributed by atoms with Crippen molar-refractivity contribution in [1.29, 1.82) is 5.26 Å². The van der Waals surface area contributed by atoms with Gasteiger partial charge < -0.3 is 5.32 Å². The first-order chi connectivity index (χ1) is 11.7. The number of anilines is 1. The lowest BCUT2D eigenvalue weighted by Crippen LogP contribution is -2.14. The highest BCUT2D eigenvalue weighted by atomic mass is 35.5. The molecule has 0 saturated carbocycles. The van der Waals surface area contributed by atoms with Crippen LogP contribution in [0, 0.1) is 11.3 Å². The number of benzene rings is 2. The number of amides is 1. The van der Waals surface area contributed by atoms with Gasteiger partial charge in [0.1, 0.15) is 11.1 Å². The number of aromatic nitrogens is 1. The molecule has 1 aromatic heterocycles. The molecule has 0 aliphatic heterocycles. The number of nitrogens with one attached hydrogen (secondary N) is 1. The number of hydrogen-bond acceptors (Lipinski definition) is 5. The van der Waals surface area contributed by atoms with E-state index in [1.54, 1.807) is 29.5 Å². The van der Waals surface area contributed by atoms with Crippen molar-refractivity contribution in [3.8, 4) is 6.07 Å². The molecular formula is C17H12ClN3OS2. The summed E-state index contributed by atoms with van der Waals surface area (Å²) in [7, 11) is 0. The van der Waals surface area contributed by atoms with Crippen molar-refractivity contribution in [1.82, 2.24) is 4.98 Å². The number of nitrogens with zero attached hydrogens (tertiary/aromatic N) is 2. The van der Waals surface area contributed by atoms with Crippen molar-refractivity contribution in [2.75, 3.05) is 11.1 Å². The number of rotatable bonds is 5. The molecule has 0 aliphatic rings. The van der Waals surface area contributed by atoms with Gasteiger partial charge in [-0.3, -0.25) is 4.79 Å². The van der Waals surface area contributed by atoms with Crippen LogP contribution in [0.3, 0.4) is 0 Å². The van der Waals surface area contributed by atoms with Crippen molar-refractivity contribution < 1.29 is 4.79 Å². The molecule has 0 radical (unpaired) electrons. The first-order valence-corrected chi connectivity index (χ1v) is 9.42. The molecule has 3 rings (SSSR count). The average Bonchev–Trinajstić information content (AvgIpc) is 2.99. The molecule has 0 fully saturated rings. The van der Waals surface area contributed by atoms with Crippen molar-refractivity contribution in [3.63, 3.8) is 0 Å². The fraction of sp³-hybridized carbons (Fsp3) is 0.118. The number of para-hydroxylation sites is 1. The predicted molar refractivity (Wildman–Crippen MR) is 101 cm³/mol. The summed E-state index contributed by atoms with van der Waals surface area (Å²) in [6.07, 6.45) is 0. The second-order valence-corrected chi connectivity index (χ2v) is 7.43. The van der Waals surface area contributed by atoms with E-state index in [9.17, 15) is 4.79 Å². The molecule has 1 heterocycles. The number of carbonyl (C=O) groups excluding carboxylic acids is 1. The van der Waals surface area contributed by atoms with Crippen LogP contribution in [0.25, 0.3) is 10.2 Å². The van der Waals surface area contributed by atoms with Crippen LogP contribution in [0.2, 0.25) is 5.02 Å². The summed E-state index contributed by atoms with van der Waals surface area (Å²) >= 11 is 9.02. The highest BCUT2D eigenvalue weighted by Crippen LogP contribution is 2.25. The summed E-state index contributed by atoms with van der Waals surface area (Å²) in [4.78, 5) is 16.5. The maximum atomic E-state index is 12.0. The van der Waals surface area contributed by atoms with Gasteiger partial charge in [0.2, 0.25) is 5.91 Å². The van der Waals surface area contributed by atoms with Gasteiger partial charge in [-0.15, -0.1) is 23.1 Å². The smallest absolute Gasteiger partial charge is 0.234 e. The predicted octanol–water partition coefficient (Wildman–Crippen LogP) is 4.69. The zero-order valence-corrected chi connectivity index (χ0v) is 14.8. The molecule has 3 aromatic rings. The van der Waals surface area contributed by atoms with Gasteiger partial charge in [0.05, 0.1) is 26.6 Å². The number of halogens is 1. The van der Waals surface area contributed by atoms with Crippen molar-refractivity contribution in [2.45, 2.75) is 5.75 Å². The standard InChI is InChI=1S/C17H12ClN3OS2/c18-13-6-5-12(7-11(13)8-19)20-16(22)9-23-10-17-21-14-3-1-2-4-15(14)24-17/h1-7H,9-10H2,(H,20,22). The van der Waals surface area contributed by atoms with Crippen LogP contribution in [0.4, 0.5) is 5.69 Å². The Kier molecular flexibility index (Phi) is 5.36. The molecular weight excluding hydrogens is 362 g/mol.